The molecule has 0 bridgehead atoms. The number of anilines is 1. The number of nitrogens with zero attached hydrogens (tertiary/aromatic N) is 4. The molecule has 5 heteroatoms. The standard InChI is InChI=1S/C17H14N4O/c1-12-6-8-13(9-7-12)20-11-14-10-18-19-21(14)16-5-3-2-4-15(16)17(20)22/h2-10H,11H2,1H3. The molecule has 0 saturated carbocycles. The molecular formula is C17H14N4O. The molecule has 0 atom stereocenters. The zero-order chi connectivity index (χ0) is 15.1. The summed E-state index contributed by atoms with van der Waals surface area (Å²) in [6.07, 6.45) is 1.70. The molecule has 1 aliphatic rings. The molecule has 1 aromatic heterocycles. The lowest BCUT2D eigenvalue weighted by Crippen LogP contribution is -2.29. The van der Waals surface area contributed by atoms with Crippen LogP contribution in [0.25, 0.3) is 5.69 Å². The second-order valence-electron chi connectivity index (χ2n) is 5.38. The third-order valence-corrected chi connectivity index (χ3v) is 3.89. The van der Waals surface area contributed by atoms with E-state index in [2.05, 4.69) is 10.3 Å². The third-order valence-electron chi connectivity index (χ3n) is 3.89. The van der Waals surface area contributed by atoms with Crippen molar-refractivity contribution in [3.8, 4) is 5.69 Å². The minimum Gasteiger partial charge on any atom is -0.302 e. The van der Waals surface area contributed by atoms with Crippen molar-refractivity contribution in [2.24, 2.45) is 0 Å². The van der Waals surface area contributed by atoms with Gasteiger partial charge in [0.2, 0.25) is 0 Å². The number of carbonyl (C=O) groups is 1. The van der Waals surface area contributed by atoms with Gasteiger partial charge in [0.1, 0.15) is 0 Å². The molecule has 1 aliphatic heterocycles. The van der Waals surface area contributed by atoms with Gasteiger partial charge in [0.25, 0.3) is 5.91 Å². The summed E-state index contributed by atoms with van der Waals surface area (Å²) in [5, 5.41) is 8.11. The minimum atomic E-state index is -0.0232. The van der Waals surface area contributed by atoms with Crippen molar-refractivity contribution in [2.45, 2.75) is 13.5 Å². The summed E-state index contributed by atoms with van der Waals surface area (Å²) >= 11 is 0. The molecule has 22 heavy (non-hydrogen) atoms. The molecular weight excluding hydrogens is 276 g/mol. The fourth-order valence-corrected chi connectivity index (χ4v) is 2.72. The van der Waals surface area contributed by atoms with Crippen molar-refractivity contribution in [2.75, 3.05) is 4.90 Å². The summed E-state index contributed by atoms with van der Waals surface area (Å²) in [4.78, 5) is 14.7. The van der Waals surface area contributed by atoms with Crippen molar-refractivity contribution in [1.82, 2.24) is 15.0 Å². The van der Waals surface area contributed by atoms with Crippen molar-refractivity contribution in [3.05, 3.63) is 71.5 Å². The van der Waals surface area contributed by atoms with Gasteiger partial charge in [-0.1, -0.05) is 35.0 Å². The molecule has 0 N–H and O–H groups in total. The zero-order valence-electron chi connectivity index (χ0n) is 12.1. The van der Waals surface area contributed by atoms with Crippen LogP contribution in [-0.2, 0) is 6.54 Å². The largest absolute Gasteiger partial charge is 0.302 e. The maximum atomic E-state index is 13.0. The molecule has 1 amide bonds. The first-order chi connectivity index (χ1) is 10.7. The molecule has 0 aliphatic carbocycles. The summed E-state index contributed by atoms with van der Waals surface area (Å²) in [6.45, 7) is 2.48. The summed E-state index contributed by atoms with van der Waals surface area (Å²) in [6, 6.07) is 15.4. The van der Waals surface area contributed by atoms with Gasteiger partial charge in [-0.05, 0) is 31.2 Å². The van der Waals surface area contributed by atoms with Crippen molar-refractivity contribution in [3.63, 3.8) is 0 Å². The molecule has 3 aromatic rings. The second-order valence-corrected chi connectivity index (χ2v) is 5.38. The van der Waals surface area contributed by atoms with Gasteiger partial charge in [-0.25, -0.2) is 4.68 Å². The van der Waals surface area contributed by atoms with Gasteiger partial charge in [0.05, 0.1) is 29.7 Å². The second kappa shape index (κ2) is 4.80. The van der Waals surface area contributed by atoms with Gasteiger partial charge >= 0.3 is 0 Å². The van der Waals surface area contributed by atoms with E-state index in [0.717, 1.165) is 22.6 Å². The molecule has 5 nitrogen and oxygen atoms in total. The molecule has 0 fully saturated rings. The average molecular weight is 290 g/mol. The van der Waals surface area contributed by atoms with E-state index in [1.807, 2.05) is 55.5 Å². The van der Waals surface area contributed by atoms with Gasteiger partial charge < -0.3 is 4.90 Å². The first-order valence-corrected chi connectivity index (χ1v) is 7.11. The Morgan fingerprint density at radius 1 is 1.05 bits per heavy atom. The Bertz CT molecular complexity index is 851. The highest BCUT2D eigenvalue weighted by molar-refractivity contribution is 6.08. The number of aromatic nitrogens is 3. The van der Waals surface area contributed by atoms with Crippen LogP contribution in [0.1, 0.15) is 21.6 Å². The van der Waals surface area contributed by atoms with Gasteiger partial charge in [0.15, 0.2) is 0 Å². The minimum absolute atomic E-state index is 0.0232. The van der Waals surface area contributed by atoms with Crippen LogP contribution in [-0.4, -0.2) is 20.9 Å². The van der Waals surface area contributed by atoms with Crippen LogP contribution in [0.3, 0.4) is 0 Å². The Morgan fingerprint density at radius 3 is 2.64 bits per heavy atom. The van der Waals surface area contributed by atoms with Crippen LogP contribution in [0, 0.1) is 6.92 Å². The van der Waals surface area contributed by atoms with Crippen molar-refractivity contribution < 1.29 is 4.79 Å². The van der Waals surface area contributed by atoms with Crippen LogP contribution in [0.4, 0.5) is 5.69 Å². The topological polar surface area (TPSA) is 51.0 Å². The Labute approximate surface area is 127 Å². The predicted octanol–water partition coefficient (Wildman–Crippen LogP) is 2.74. The average Bonchev–Trinajstić information content (AvgIpc) is 2.97. The van der Waals surface area contributed by atoms with E-state index < -0.39 is 0 Å². The highest BCUT2D eigenvalue weighted by Crippen LogP contribution is 2.27. The van der Waals surface area contributed by atoms with Crippen LogP contribution < -0.4 is 4.90 Å². The van der Waals surface area contributed by atoms with E-state index in [1.165, 1.54) is 0 Å². The van der Waals surface area contributed by atoms with Crippen LogP contribution >= 0.6 is 0 Å². The quantitative estimate of drug-likeness (QED) is 0.692. The maximum absolute atomic E-state index is 13.0. The number of rotatable bonds is 1. The summed E-state index contributed by atoms with van der Waals surface area (Å²) in [5.41, 5.74) is 4.33. The van der Waals surface area contributed by atoms with Crippen LogP contribution in [0.2, 0.25) is 0 Å². The lowest BCUT2D eigenvalue weighted by Gasteiger charge is -2.20. The Hall–Kier alpha value is -2.95. The number of hydrogen-bond acceptors (Lipinski definition) is 3. The number of carbonyl (C=O) groups excluding carboxylic acids is 1. The number of hydrogen-bond donors (Lipinski definition) is 0. The molecule has 0 saturated heterocycles. The predicted molar refractivity (Wildman–Crippen MR) is 83.1 cm³/mol. The number of aryl methyl sites for hydroxylation is 1. The Balaban J connectivity index is 1.90. The monoisotopic (exact) mass is 290 g/mol. The lowest BCUT2D eigenvalue weighted by molar-refractivity contribution is 0.0986. The normalized spacial score (nSPS) is 13.5. The smallest absolute Gasteiger partial charge is 0.260 e. The molecule has 0 unspecified atom stereocenters. The number of amides is 1. The van der Waals surface area contributed by atoms with E-state index in [0.29, 0.717) is 12.1 Å². The number of para-hydroxylation sites is 1. The van der Waals surface area contributed by atoms with Gasteiger partial charge in [-0.3, -0.25) is 4.79 Å². The van der Waals surface area contributed by atoms with Crippen molar-refractivity contribution >= 4 is 11.6 Å². The fraction of sp³-hybridized carbons (Fsp3) is 0.118. The Morgan fingerprint density at radius 2 is 1.82 bits per heavy atom. The molecule has 2 heterocycles. The summed E-state index contributed by atoms with van der Waals surface area (Å²) in [5.74, 6) is -0.0232. The third kappa shape index (κ3) is 1.90. The lowest BCUT2D eigenvalue weighted by atomic mass is 10.1. The molecule has 0 radical (unpaired) electrons. The van der Waals surface area contributed by atoms with Gasteiger partial charge in [-0.2, -0.15) is 0 Å². The first-order valence-electron chi connectivity index (χ1n) is 7.11. The van der Waals surface area contributed by atoms with E-state index >= 15 is 0 Å². The van der Waals surface area contributed by atoms with E-state index in [1.54, 1.807) is 15.8 Å². The molecule has 0 spiro atoms. The SMILES string of the molecule is Cc1ccc(N2Cc3cnnn3-c3ccccc3C2=O)cc1. The Kier molecular flexibility index (Phi) is 2.79. The summed E-state index contributed by atoms with van der Waals surface area (Å²) < 4.78 is 1.74. The molecule has 4 rings (SSSR count). The van der Waals surface area contributed by atoms with E-state index in [9.17, 15) is 4.79 Å². The van der Waals surface area contributed by atoms with Gasteiger partial charge in [-0.15, -0.1) is 5.10 Å². The van der Waals surface area contributed by atoms with Crippen LogP contribution in [0.5, 0.6) is 0 Å². The maximum Gasteiger partial charge on any atom is 0.260 e. The highest BCUT2D eigenvalue weighted by atomic mass is 16.2. The zero-order valence-corrected chi connectivity index (χ0v) is 12.1. The summed E-state index contributed by atoms with van der Waals surface area (Å²) in [7, 11) is 0. The van der Waals surface area contributed by atoms with Crippen molar-refractivity contribution in [1.29, 1.82) is 0 Å². The van der Waals surface area contributed by atoms with Gasteiger partial charge in [0, 0.05) is 5.69 Å². The molecule has 108 valence electrons. The fourth-order valence-electron chi connectivity index (χ4n) is 2.72. The number of benzene rings is 2. The number of fused-ring (bicyclic) bond motifs is 3. The van der Waals surface area contributed by atoms with E-state index in [4.69, 9.17) is 0 Å². The van der Waals surface area contributed by atoms with E-state index in [-0.39, 0.29) is 5.91 Å². The first kappa shape index (κ1) is 12.8. The van der Waals surface area contributed by atoms with Crippen LogP contribution in [0.15, 0.2) is 54.7 Å². The highest BCUT2D eigenvalue weighted by Gasteiger charge is 2.27. The molecule has 2 aromatic carbocycles.